The number of rotatable bonds is 10. The summed E-state index contributed by atoms with van der Waals surface area (Å²) in [6.07, 6.45) is 2.38. The Morgan fingerprint density at radius 2 is 1.79 bits per heavy atom. The Labute approximate surface area is 195 Å². The van der Waals surface area contributed by atoms with Crippen LogP contribution in [0.5, 0.6) is 0 Å². The van der Waals surface area contributed by atoms with Crippen LogP contribution in [0.25, 0.3) is 11.6 Å². The minimum absolute atomic E-state index is 0.123. The Morgan fingerprint density at radius 3 is 2.55 bits per heavy atom. The van der Waals surface area contributed by atoms with E-state index in [-0.39, 0.29) is 18.1 Å². The highest BCUT2D eigenvalue weighted by Gasteiger charge is 2.18. The van der Waals surface area contributed by atoms with Gasteiger partial charge in [0.25, 0.3) is 0 Å². The van der Waals surface area contributed by atoms with Gasteiger partial charge in [-0.25, -0.2) is 0 Å². The fourth-order valence-corrected chi connectivity index (χ4v) is 4.10. The first-order valence-corrected chi connectivity index (χ1v) is 11.4. The van der Waals surface area contributed by atoms with Crippen LogP contribution in [0.15, 0.2) is 82.6 Å². The Hall–Kier alpha value is -3.85. The first-order valence-electron chi connectivity index (χ1n) is 10.4. The molecule has 168 valence electrons. The Balaban J connectivity index is 1.44. The van der Waals surface area contributed by atoms with Gasteiger partial charge in [-0.2, -0.15) is 0 Å². The largest absolute Gasteiger partial charge is 0.461 e. The number of carbonyl (C=O) groups excluding carboxylic acids is 2. The third-order valence-electron chi connectivity index (χ3n) is 4.90. The van der Waals surface area contributed by atoms with Crippen LogP contribution in [0.4, 0.5) is 5.69 Å². The molecule has 33 heavy (non-hydrogen) atoms. The van der Waals surface area contributed by atoms with E-state index in [1.54, 1.807) is 16.7 Å². The molecule has 9 heteroatoms. The number of thioether (sulfide) groups is 1. The Bertz CT molecular complexity index is 1220. The van der Waals surface area contributed by atoms with E-state index in [1.807, 2.05) is 42.5 Å². The number of primary amides is 1. The number of amides is 2. The lowest BCUT2D eigenvalue weighted by molar-refractivity contribution is -0.118. The minimum Gasteiger partial charge on any atom is -0.461 e. The van der Waals surface area contributed by atoms with Gasteiger partial charge in [-0.05, 0) is 35.7 Å². The Morgan fingerprint density at radius 1 is 1.00 bits per heavy atom. The van der Waals surface area contributed by atoms with Crippen LogP contribution in [0.1, 0.15) is 17.5 Å². The summed E-state index contributed by atoms with van der Waals surface area (Å²) in [5.74, 6) is 0.546. The molecule has 0 saturated carbocycles. The summed E-state index contributed by atoms with van der Waals surface area (Å²) >= 11 is 1.24. The van der Waals surface area contributed by atoms with Crippen molar-refractivity contribution in [3.63, 3.8) is 0 Å². The molecule has 0 atom stereocenters. The molecular weight excluding hydrogens is 438 g/mol. The normalized spacial score (nSPS) is 10.8. The van der Waals surface area contributed by atoms with Gasteiger partial charge in [0.2, 0.25) is 11.8 Å². The Kier molecular flexibility index (Phi) is 7.21. The highest BCUT2D eigenvalue weighted by Crippen LogP contribution is 2.25. The maximum atomic E-state index is 12.7. The predicted molar refractivity (Wildman–Crippen MR) is 127 cm³/mol. The zero-order chi connectivity index (χ0) is 23.0. The van der Waals surface area contributed by atoms with E-state index < -0.39 is 5.91 Å². The second-order valence-electron chi connectivity index (χ2n) is 7.31. The summed E-state index contributed by atoms with van der Waals surface area (Å²) < 4.78 is 7.16. The molecule has 2 amide bonds. The lowest BCUT2D eigenvalue weighted by Crippen LogP contribution is -2.17. The zero-order valence-electron chi connectivity index (χ0n) is 17.8. The predicted octanol–water partition coefficient (Wildman–Crippen LogP) is 3.74. The lowest BCUT2D eigenvalue weighted by Gasteiger charge is -2.12. The number of hydrogen-bond acceptors (Lipinski definition) is 6. The van der Waals surface area contributed by atoms with Crippen molar-refractivity contribution in [3.05, 3.63) is 84.1 Å². The van der Waals surface area contributed by atoms with Crippen LogP contribution in [0.3, 0.4) is 0 Å². The van der Waals surface area contributed by atoms with Crippen LogP contribution >= 0.6 is 11.8 Å². The SMILES string of the molecule is NC(=O)CCn1c(SCC(=O)Nc2ccccc2Cc2ccccc2)nnc1-c1ccco1. The smallest absolute Gasteiger partial charge is 0.234 e. The second-order valence-corrected chi connectivity index (χ2v) is 8.25. The van der Waals surface area contributed by atoms with Gasteiger partial charge in [0.1, 0.15) is 0 Å². The molecule has 4 aromatic rings. The average molecular weight is 462 g/mol. The molecule has 0 bridgehead atoms. The highest BCUT2D eigenvalue weighted by atomic mass is 32.2. The van der Waals surface area contributed by atoms with E-state index in [4.69, 9.17) is 10.2 Å². The minimum atomic E-state index is -0.433. The van der Waals surface area contributed by atoms with Crippen LogP contribution in [0, 0.1) is 0 Å². The fourth-order valence-electron chi connectivity index (χ4n) is 3.34. The first kappa shape index (κ1) is 22.3. The molecule has 2 aromatic carbocycles. The molecule has 0 aliphatic rings. The fraction of sp³-hybridized carbons (Fsp3) is 0.167. The van der Waals surface area contributed by atoms with Gasteiger partial charge >= 0.3 is 0 Å². The van der Waals surface area contributed by atoms with Gasteiger partial charge < -0.3 is 15.5 Å². The number of carbonyl (C=O) groups is 2. The van der Waals surface area contributed by atoms with Gasteiger partial charge in [0.15, 0.2) is 16.7 Å². The highest BCUT2D eigenvalue weighted by molar-refractivity contribution is 7.99. The number of para-hydroxylation sites is 1. The van der Waals surface area contributed by atoms with Crippen molar-refractivity contribution in [1.29, 1.82) is 0 Å². The number of hydrogen-bond donors (Lipinski definition) is 2. The zero-order valence-corrected chi connectivity index (χ0v) is 18.6. The van der Waals surface area contributed by atoms with Gasteiger partial charge in [-0.3, -0.25) is 14.2 Å². The van der Waals surface area contributed by atoms with E-state index >= 15 is 0 Å². The number of nitrogens with two attached hydrogens (primary N) is 1. The molecule has 0 aliphatic carbocycles. The van der Waals surface area contributed by atoms with Gasteiger partial charge in [-0.15, -0.1) is 10.2 Å². The van der Waals surface area contributed by atoms with Crippen molar-refractivity contribution in [2.45, 2.75) is 24.5 Å². The molecule has 2 aromatic heterocycles. The summed E-state index contributed by atoms with van der Waals surface area (Å²) in [6.45, 7) is 0.294. The molecular formula is C24H23N5O3S. The van der Waals surface area contributed by atoms with Crippen molar-refractivity contribution >= 4 is 29.3 Å². The van der Waals surface area contributed by atoms with Crippen molar-refractivity contribution in [3.8, 4) is 11.6 Å². The van der Waals surface area contributed by atoms with Crippen molar-refractivity contribution < 1.29 is 14.0 Å². The standard InChI is InChI=1S/C24H23N5O3S/c25-21(30)12-13-29-23(20-11-6-14-32-20)27-28-24(29)33-16-22(31)26-19-10-5-4-9-18(19)15-17-7-2-1-3-8-17/h1-11,14H,12-13,15-16H2,(H2,25,30)(H,26,31). The van der Waals surface area contributed by atoms with E-state index in [1.165, 1.54) is 23.6 Å². The number of benzene rings is 2. The van der Waals surface area contributed by atoms with Crippen LogP contribution in [-0.4, -0.2) is 32.3 Å². The van der Waals surface area contributed by atoms with E-state index in [0.29, 0.717) is 23.3 Å². The quantitative estimate of drug-likeness (QED) is 0.348. The molecule has 0 radical (unpaired) electrons. The van der Waals surface area contributed by atoms with Crippen LogP contribution in [0.2, 0.25) is 0 Å². The van der Waals surface area contributed by atoms with Gasteiger partial charge in [0, 0.05) is 18.7 Å². The maximum absolute atomic E-state index is 12.7. The summed E-state index contributed by atoms with van der Waals surface area (Å²) in [5.41, 5.74) is 8.30. The lowest BCUT2D eigenvalue weighted by atomic mass is 10.0. The molecule has 0 unspecified atom stereocenters. The summed E-state index contributed by atoms with van der Waals surface area (Å²) in [7, 11) is 0. The summed E-state index contributed by atoms with van der Waals surface area (Å²) in [6, 6.07) is 21.4. The average Bonchev–Trinajstić information content (AvgIpc) is 3.48. The van der Waals surface area contributed by atoms with Crippen molar-refractivity contribution in [2.24, 2.45) is 5.73 Å². The van der Waals surface area contributed by atoms with Gasteiger partial charge in [0.05, 0.1) is 12.0 Å². The molecule has 2 heterocycles. The number of nitrogens with zero attached hydrogens (tertiary/aromatic N) is 3. The molecule has 0 spiro atoms. The summed E-state index contributed by atoms with van der Waals surface area (Å²) in [5, 5.41) is 11.9. The first-order chi connectivity index (χ1) is 16.1. The van der Waals surface area contributed by atoms with Crippen molar-refractivity contribution in [2.75, 3.05) is 11.1 Å². The molecule has 0 aliphatic heterocycles. The topological polar surface area (TPSA) is 116 Å². The number of anilines is 1. The van der Waals surface area contributed by atoms with Crippen LogP contribution < -0.4 is 11.1 Å². The molecule has 3 N–H and O–H groups in total. The van der Waals surface area contributed by atoms with E-state index in [2.05, 4.69) is 27.6 Å². The van der Waals surface area contributed by atoms with Gasteiger partial charge in [-0.1, -0.05) is 60.3 Å². The number of furan rings is 1. The number of nitrogens with one attached hydrogen (secondary N) is 1. The third-order valence-corrected chi connectivity index (χ3v) is 5.87. The number of aromatic nitrogens is 3. The molecule has 8 nitrogen and oxygen atoms in total. The molecule has 4 rings (SSSR count). The van der Waals surface area contributed by atoms with E-state index in [0.717, 1.165) is 17.7 Å². The second kappa shape index (κ2) is 10.6. The summed E-state index contributed by atoms with van der Waals surface area (Å²) in [4.78, 5) is 24.0. The van der Waals surface area contributed by atoms with E-state index in [9.17, 15) is 9.59 Å². The third kappa shape index (κ3) is 5.89. The van der Waals surface area contributed by atoms with Crippen LogP contribution in [-0.2, 0) is 22.6 Å². The molecule has 0 fully saturated rings. The maximum Gasteiger partial charge on any atom is 0.234 e. The van der Waals surface area contributed by atoms with Crippen molar-refractivity contribution in [1.82, 2.24) is 14.8 Å². The monoisotopic (exact) mass is 461 g/mol. The molecule has 0 saturated heterocycles.